The molecule has 1 rings (SSSR count). The molecule has 0 spiro atoms. The third kappa shape index (κ3) is 12.3. The van der Waals surface area contributed by atoms with E-state index in [9.17, 15) is 19.2 Å². The third-order valence-electron chi connectivity index (χ3n) is 3.80. The zero-order valence-corrected chi connectivity index (χ0v) is 18.4. The van der Waals surface area contributed by atoms with Crippen molar-refractivity contribution < 1.29 is 47.6 Å². The molecule has 0 bridgehead atoms. The summed E-state index contributed by atoms with van der Waals surface area (Å²) < 4.78 is 30.9. The molecule has 0 fully saturated rings. The lowest BCUT2D eigenvalue weighted by Crippen LogP contribution is -2.29. The minimum atomic E-state index is -0.961. The molecule has 0 saturated carbocycles. The van der Waals surface area contributed by atoms with Gasteiger partial charge in [0.1, 0.15) is 13.2 Å². The average Bonchev–Trinajstić information content (AvgIpc) is 2.84. The van der Waals surface area contributed by atoms with Crippen molar-refractivity contribution in [1.29, 1.82) is 0 Å². The molecule has 33 heavy (non-hydrogen) atoms. The number of hydrogen-bond acceptors (Lipinski definition) is 10. The Kier molecular flexibility index (Phi) is 13.7. The minimum absolute atomic E-state index is 0.0318. The molecule has 0 aromatic heterocycles. The highest BCUT2D eigenvalue weighted by molar-refractivity contribution is 6.40. The van der Waals surface area contributed by atoms with E-state index < -0.39 is 36.1 Å². The topological polar surface area (TPSA) is 124 Å². The van der Waals surface area contributed by atoms with Crippen LogP contribution in [0.5, 0.6) is 0 Å². The van der Waals surface area contributed by atoms with Gasteiger partial charge in [-0.05, 0) is 6.92 Å². The molecule has 0 aliphatic heterocycles. The highest BCUT2D eigenvalue weighted by Gasteiger charge is 2.18. The molecule has 0 heterocycles. The van der Waals surface area contributed by atoms with E-state index in [0.717, 1.165) is 12.2 Å². The van der Waals surface area contributed by atoms with Gasteiger partial charge in [0.2, 0.25) is 0 Å². The van der Waals surface area contributed by atoms with Crippen LogP contribution in [0.1, 0.15) is 17.3 Å². The van der Waals surface area contributed by atoms with E-state index in [1.165, 1.54) is 12.1 Å². The summed E-state index contributed by atoms with van der Waals surface area (Å²) in [6.07, 6.45) is 0.533. The summed E-state index contributed by atoms with van der Waals surface area (Å²) in [7, 11) is 0. The molecule has 0 N–H and O–H groups in total. The largest absolute Gasteiger partial charge is 0.458 e. The first-order valence-corrected chi connectivity index (χ1v) is 10.1. The third-order valence-corrected chi connectivity index (χ3v) is 3.80. The first-order valence-electron chi connectivity index (χ1n) is 10.1. The first-order chi connectivity index (χ1) is 15.9. The van der Waals surface area contributed by atoms with Crippen LogP contribution in [0.15, 0.2) is 55.6 Å². The van der Waals surface area contributed by atoms with Crippen molar-refractivity contribution in [3.05, 3.63) is 61.2 Å². The number of rotatable bonds is 17. The standard InChI is InChI=1S/C23H28O10/c1-4-20(24)32-16-19(33-21(25)5-2)15-28-11-12-29-17(3)30-13-14-31-23(27)22(26)18-9-7-6-8-10-18/h4-10,17,19H,1-2,11-16H2,3H3. The quantitative estimate of drug-likeness (QED) is 0.0639. The number of benzene rings is 1. The Balaban J connectivity index is 2.17. The Bertz CT molecular complexity index is 790. The van der Waals surface area contributed by atoms with Crippen molar-refractivity contribution in [3.63, 3.8) is 0 Å². The van der Waals surface area contributed by atoms with Crippen molar-refractivity contribution in [3.8, 4) is 0 Å². The predicted octanol–water partition coefficient (Wildman–Crippen LogP) is 1.64. The smallest absolute Gasteiger partial charge is 0.379 e. The lowest BCUT2D eigenvalue weighted by atomic mass is 10.1. The van der Waals surface area contributed by atoms with Gasteiger partial charge in [0.15, 0.2) is 12.4 Å². The summed E-state index contributed by atoms with van der Waals surface area (Å²) >= 11 is 0. The molecule has 180 valence electrons. The van der Waals surface area contributed by atoms with E-state index in [1.54, 1.807) is 25.1 Å². The van der Waals surface area contributed by atoms with Gasteiger partial charge in [0.05, 0.1) is 26.4 Å². The van der Waals surface area contributed by atoms with Crippen molar-refractivity contribution in [1.82, 2.24) is 0 Å². The highest BCUT2D eigenvalue weighted by atomic mass is 16.7. The Morgan fingerprint density at radius 3 is 2.12 bits per heavy atom. The molecule has 0 saturated heterocycles. The number of Topliss-reactive ketones (excluding diaryl/α,β-unsaturated/α-hetero) is 1. The number of carbonyl (C=O) groups excluding carboxylic acids is 4. The van der Waals surface area contributed by atoms with Crippen LogP contribution in [0.3, 0.4) is 0 Å². The summed E-state index contributed by atoms with van der Waals surface area (Å²) in [5.41, 5.74) is 0.250. The van der Waals surface area contributed by atoms with Crippen molar-refractivity contribution in [2.45, 2.75) is 19.3 Å². The molecule has 0 aliphatic rings. The van der Waals surface area contributed by atoms with Crippen LogP contribution in [-0.2, 0) is 42.8 Å². The molecule has 10 nitrogen and oxygen atoms in total. The van der Waals surface area contributed by atoms with Gasteiger partial charge in [0, 0.05) is 17.7 Å². The van der Waals surface area contributed by atoms with Crippen molar-refractivity contribution in [2.75, 3.05) is 39.6 Å². The second-order valence-corrected chi connectivity index (χ2v) is 6.31. The Labute approximate surface area is 192 Å². The van der Waals surface area contributed by atoms with Crippen LogP contribution >= 0.6 is 0 Å². The normalized spacial score (nSPS) is 12.2. The molecular formula is C23H28O10. The summed E-state index contributed by atoms with van der Waals surface area (Å²) in [6, 6.07) is 8.09. The number of ether oxygens (including phenoxy) is 6. The average molecular weight is 464 g/mol. The maximum Gasteiger partial charge on any atom is 0.379 e. The summed E-state index contributed by atoms with van der Waals surface area (Å²) in [6.45, 7) is 8.20. The SMILES string of the molecule is C=CC(=O)OCC(COCCOC(C)OCCOC(=O)C(=O)c1ccccc1)OC(=O)C=C. The van der Waals surface area contributed by atoms with Crippen LogP contribution in [0.25, 0.3) is 0 Å². The number of carbonyl (C=O) groups is 4. The zero-order chi connectivity index (χ0) is 24.5. The lowest BCUT2D eigenvalue weighted by molar-refractivity contribution is -0.162. The number of hydrogen-bond donors (Lipinski definition) is 0. The van der Waals surface area contributed by atoms with E-state index in [4.69, 9.17) is 28.4 Å². The molecule has 0 aliphatic carbocycles. The maximum atomic E-state index is 11.9. The Morgan fingerprint density at radius 1 is 0.848 bits per heavy atom. The first kappa shape index (κ1) is 27.7. The molecule has 1 aromatic carbocycles. The molecule has 2 atom stereocenters. The number of ketones is 1. The highest BCUT2D eigenvalue weighted by Crippen LogP contribution is 2.02. The second-order valence-electron chi connectivity index (χ2n) is 6.31. The Morgan fingerprint density at radius 2 is 1.48 bits per heavy atom. The summed E-state index contributed by atoms with van der Waals surface area (Å²) in [5, 5.41) is 0. The van der Waals surface area contributed by atoms with Gasteiger partial charge >= 0.3 is 17.9 Å². The van der Waals surface area contributed by atoms with Crippen LogP contribution in [-0.4, -0.2) is 75.7 Å². The monoisotopic (exact) mass is 464 g/mol. The minimum Gasteiger partial charge on any atom is -0.458 e. The van der Waals surface area contributed by atoms with Crippen molar-refractivity contribution in [2.24, 2.45) is 0 Å². The fraction of sp³-hybridized carbons (Fsp3) is 0.391. The van der Waals surface area contributed by atoms with Gasteiger partial charge in [-0.25, -0.2) is 14.4 Å². The van der Waals surface area contributed by atoms with Gasteiger partial charge in [-0.2, -0.15) is 0 Å². The van der Waals surface area contributed by atoms with Gasteiger partial charge in [0.25, 0.3) is 5.78 Å². The fourth-order valence-electron chi connectivity index (χ4n) is 2.22. The zero-order valence-electron chi connectivity index (χ0n) is 18.4. The van der Waals surface area contributed by atoms with Crippen LogP contribution in [0.4, 0.5) is 0 Å². The van der Waals surface area contributed by atoms with E-state index in [-0.39, 0.29) is 45.2 Å². The van der Waals surface area contributed by atoms with Crippen molar-refractivity contribution >= 4 is 23.7 Å². The van der Waals surface area contributed by atoms with Gasteiger partial charge in [-0.1, -0.05) is 43.5 Å². The van der Waals surface area contributed by atoms with Gasteiger partial charge < -0.3 is 28.4 Å². The van der Waals surface area contributed by atoms with E-state index >= 15 is 0 Å². The van der Waals surface area contributed by atoms with Crippen LogP contribution in [0, 0.1) is 0 Å². The molecule has 1 aromatic rings. The molecule has 0 radical (unpaired) electrons. The van der Waals surface area contributed by atoms with Crippen LogP contribution < -0.4 is 0 Å². The fourth-order valence-corrected chi connectivity index (χ4v) is 2.22. The second kappa shape index (κ2) is 16.3. The molecule has 10 heteroatoms. The molecular weight excluding hydrogens is 436 g/mol. The van der Waals surface area contributed by atoms with Gasteiger partial charge in [-0.15, -0.1) is 0 Å². The molecule has 0 amide bonds. The maximum absolute atomic E-state index is 11.9. The molecule has 2 unspecified atom stereocenters. The van der Waals surface area contributed by atoms with E-state index in [1.807, 2.05) is 0 Å². The number of esters is 3. The van der Waals surface area contributed by atoms with E-state index in [2.05, 4.69) is 13.2 Å². The summed E-state index contributed by atoms with van der Waals surface area (Å²) in [5.74, 6) is -3.02. The van der Waals surface area contributed by atoms with Crippen LogP contribution in [0.2, 0.25) is 0 Å². The Hall–Kier alpha value is -3.34. The predicted molar refractivity (Wildman–Crippen MR) is 115 cm³/mol. The van der Waals surface area contributed by atoms with E-state index in [0.29, 0.717) is 0 Å². The van der Waals surface area contributed by atoms with Gasteiger partial charge in [-0.3, -0.25) is 4.79 Å². The summed E-state index contributed by atoms with van der Waals surface area (Å²) in [4.78, 5) is 46.1. The lowest BCUT2D eigenvalue weighted by Gasteiger charge is -2.18.